The fourth-order valence-electron chi connectivity index (χ4n) is 1.79. The molecular weight excluding hydrogens is 328 g/mol. The van der Waals surface area contributed by atoms with Gasteiger partial charge in [0.1, 0.15) is 0 Å². The number of nitrogens with one attached hydrogen (secondary N) is 2. The number of hydrogen-bond donors (Lipinski definition) is 2. The molecule has 128 valence electrons. The van der Waals surface area contributed by atoms with Gasteiger partial charge in [-0.05, 0) is 18.9 Å². The highest BCUT2D eigenvalue weighted by Gasteiger charge is 2.13. The highest BCUT2D eigenvalue weighted by atomic mass is 32.2. The van der Waals surface area contributed by atoms with Gasteiger partial charge in [0.05, 0.1) is 12.2 Å². The number of rotatable bonds is 7. The number of carbonyl (C=O) groups is 2. The molecule has 2 aromatic rings. The zero-order chi connectivity index (χ0) is 17.4. The molecule has 24 heavy (non-hydrogen) atoms. The Morgan fingerprint density at radius 3 is 2.71 bits per heavy atom. The zero-order valence-electron chi connectivity index (χ0n) is 13.6. The highest BCUT2D eigenvalue weighted by Crippen LogP contribution is 2.17. The van der Waals surface area contributed by atoms with Crippen molar-refractivity contribution in [1.82, 2.24) is 20.8 Å². The predicted octanol–water partition coefficient (Wildman–Crippen LogP) is 2.38. The van der Waals surface area contributed by atoms with Gasteiger partial charge in [-0.2, -0.15) is 0 Å². The van der Waals surface area contributed by atoms with Gasteiger partial charge in [-0.25, -0.2) is 4.79 Å². The fourth-order valence-corrected chi connectivity index (χ4v) is 2.37. The molecule has 1 aromatic heterocycles. The lowest BCUT2D eigenvalue weighted by Gasteiger charge is -2.11. The topological polar surface area (TPSA) is 97.1 Å². The number of nitrogens with zero attached hydrogens (tertiary/aromatic N) is 2. The molecule has 0 unspecified atom stereocenters. The van der Waals surface area contributed by atoms with Crippen LogP contribution in [0.25, 0.3) is 0 Å². The molecule has 2 rings (SSSR count). The fraction of sp³-hybridized carbons (Fsp3) is 0.375. The van der Waals surface area contributed by atoms with Gasteiger partial charge in [0.15, 0.2) is 0 Å². The van der Waals surface area contributed by atoms with Crippen LogP contribution in [-0.4, -0.2) is 33.9 Å². The van der Waals surface area contributed by atoms with Crippen LogP contribution in [-0.2, 0) is 11.2 Å². The lowest BCUT2D eigenvalue weighted by atomic mass is 10.2. The predicted molar refractivity (Wildman–Crippen MR) is 90.7 cm³/mol. The van der Waals surface area contributed by atoms with Crippen molar-refractivity contribution in [2.24, 2.45) is 0 Å². The molecule has 0 aliphatic rings. The van der Waals surface area contributed by atoms with Gasteiger partial charge in [0.25, 0.3) is 5.22 Å². The first-order chi connectivity index (χ1) is 11.6. The van der Waals surface area contributed by atoms with E-state index in [1.165, 1.54) is 0 Å². The smallest absolute Gasteiger partial charge is 0.321 e. The Morgan fingerprint density at radius 1 is 1.25 bits per heavy atom. The summed E-state index contributed by atoms with van der Waals surface area (Å²) in [7, 11) is 0. The minimum Gasteiger partial charge on any atom is -0.416 e. The molecular formula is C16H20N4O3S. The molecule has 1 atom stereocenters. The molecule has 0 spiro atoms. The highest BCUT2D eigenvalue weighted by molar-refractivity contribution is 7.99. The average molecular weight is 348 g/mol. The molecule has 0 fully saturated rings. The van der Waals surface area contributed by atoms with Crippen molar-refractivity contribution in [2.45, 2.75) is 38.0 Å². The standard InChI is InChI=1S/C16H20N4O3S/c1-3-11(2)17-15(22)18-13(21)10-24-16-20-19-14(23-16)9-12-7-5-4-6-8-12/h4-8,11H,3,9-10H2,1-2H3,(H2,17,18,21,22)/t11-/m1/s1. The zero-order valence-corrected chi connectivity index (χ0v) is 14.4. The summed E-state index contributed by atoms with van der Waals surface area (Å²) in [4.78, 5) is 23.2. The average Bonchev–Trinajstić information content (AvgIpc) is 3.01. The molecule has 0 aliphatic carbocycles. The van der Waals surface area contributed by atoms with Crippen LogP contribution in [0.15, 0.2) is 40.0 Å². The van der Waals surface area contributed by atoms with E-state index in [4.69, 9.17) is 4.42 Å². The maximum atomic E-state index is 11.7. The van der Waals surface area contributed by atoms with E-state index in [9.17, 15) is 9.59 Å². The van der Waals surface area contributed by atoms with Crippen molar-refractivity contribution >= 4 is 23.7 Å². The van der Waals surface area contributed by atoms with Crippen molar-refractivity contribution in [3.05, 3.63) is 41.8 Å². The maximum Gasteiger partial charge on any atom is 0.321 e. The van der Waals surface area contributed by atoms with Crippen LogP contribution in [0.1, 0.15) is 31.7 Å². The summed E-state index contributed by atoms with van der Waals surface area (Å²) >= 11 is 1.09. The summed E-state index contributed by atoms with van der Waals surface area (Å²) in [6, 6.07) is 9.29. The molecule has 1 aromatic carbocycles. The number of urea groups is 1. The van der Waals surface area contributed by atoms with Crippen molar-refractivity contribution in [3.8, 4) is 0 Å². The number of benzene rings is 1. The molecule has 0 saturated carbocycles. The Bertz CT molecular complexity index is 675. The summed E-state index contributed by atoms with van der Waals surface area (Å²) in [6.45, 7) is 3.82. The van der Waals surface area contributed by atoms with Gasteiger partial charge in [-0.15, -0.1) is 10.2 Å². The van der Waals surface area contributed by atoms with Gasteiger partial charge in [0, 0.05) is 6.04 Å². The van der Waals surface area contributed by atoms with Gasteiger partial charge >= 0.3 is 6.03 Å². The monoisotopic (exact) mass is 348 g/mol. The second-order valence-electron chi connectivity index (χ2n) is 5.24. The third kappa shape index (κ3) is 6.04. The molecule has 8 heteroatoms. The number of carbonyl (C=O) groups excluding carboxylic acids is 2. The Kier molecular flexibility index (Phi) is 6.80. The van der Waals surface area contributed by atoms with Crippen molar-refractivity contribution < 1.29 is 14.0 Å². The number of imide groups is 1. The molecule has 0 bridgehead atoms. The number of hydrogen-bond acceptors (Lipinski definition) is 6. The van der Waals surface area contributed by atoms with E-state index in [0.29, 0.717) is 17.5 Å². The van der Waals surface area contributed by atoms with Gasteiger partial charge in [-0.3, -0.25) is 10.1 Å². The second kappa shape index (κ2) is 9.07. The Hall–Kier alpha value is -2.35. The summed E-state index contributed by atoms with van der Waals surface area (Å²) in [5.74, 6) is 0.100. The molecule has 0 radical (unpaired) electrons. The van der Waals surface area contributed by atoms with Crippen LogP contribution in [0.4, 0.5) is 4.79 Å². The second-order valence-corrected chi connectivity index (χ2v) is 6.17. The minimum atomic E-state index is -0.495. The first-order valence-corrected chi connectivity index (χ1v) is 8.64. The Labute approximate surface area is 144 Å². The van der Waals surface area contributed by atoms with Crippen LogP contribution in [0.5, 0.6) is 0 Å². The Morgan fingerprint density at radius 2 is 2.00 bits per heavy atom. The van der Waals surface area contributed by atoms with E-state index in [1.54, 1.807) is 0 Å². The summed E-state index contributed by atoms with van der Waals surface area (Å²) in [5.41, 5.74) is 1.07. The van der Waals surface area contributed by atoms with E-state index >= 15 is 0 Å². The first-order valence-electron chi connectivity index (χ1n) is 7.66. The third-order valence-corrected chi connectivity index (χ3v) is 4.03. The van der Waals surface area contributed by atoms with Gasteiger partial charge < -0.3 is 9.73 Å². The van der Waals surface area contributed by atoms with Crippen LogP contribution < -0.4 is 10.6 Å². The van der Waals surface area contributed by atoms with Crippen molar-refractivity contribution in [2.75, 3.05) is 5.75 Å². The lowest BCUT2D eigenvalue weighted by molar-refractivity contribution is -0.117. The Balaban J connectivity index is 1.76. The SMILES string of the molecule is CC[C@@H](C)NC(=O)NC(=O)CSc1nnc(Cc2ccccc2)o1. The van der Waals surface area contributed by atoms with E-state index in [2.05, 4.69) is 20.8 Å². The van der Waals surface area contributed by atoms with E-state index < -0.39 is 11.9 Å². The summed E-state index contributed by atoms with van der Waals surface area (Å²) < 4.78 is 5.49. The van der Waals surface area contributed by atoms with Crippen LogP contribution in [0.3, 0.4) is 0 Å². The van der Waals surface area contributed by atoms with E-state index in [1.807, 2.05) is 44.2 Å². The molecule has 2 N–H and O–H groups in total. The molecule has 3 amide bonds. The van der Waals surface area contributed by atoms with Crippen LogP contribution >= 0.6 is 11.8 Å². The molecule has 7 nitrogen and oxygen atoms in total. The molecule has 1 heterocycles. The summed E-state index contributed by atoms with van der Waals surface area (Å²) in [6.07, 6.45) is 1.33. The molecule has 0 saturated heterocycles. The number of amides is 3. The summed E-state index contributed by atoms with van der Waals surface area (Å²) in [5, 5.41) is 13.1. The number of thioether (sulfide) groups is 1. The van der Waals surface area contributed by atoms with E-state index in [0.717, 1.165) is 23.7 Å². The maximum absolute atomic E-state index is 11.7. The van der Waals surface area contributed by atoms with Crippen LogP contribution in [0, 0.1) is 0 Å². The lowest BCUT2D eigenvalue weighted by Crippen LogP contribution is -2.43. The van der Waals surface area contributed by atoms with E-state index in [-0.39, 0.29) is 11.8 Å². The van der Waals surface area contributed by atoms with Gasteiger partial charge in [0.2, 0.25) is 11.8 Å². The van der Waals surface area contributed by atoms with Gasteiger partial charge in [-0.1, -0.05) is 49.0 Å². The third-order valence-electron chi connectivity index (χ3n) is 3.22. The molecule has 0 aliphatic heterocycles. The van der Waals surface area contributed by atoms with Crippen molar-refractivity contribution in [1.29, 1.82) is 0 Å². The largest absolute Gasteiger partial charge is 0.416 e. The van der Waals surface area contributed by atoms with Crippen molar-refractivity contribution in [3.63, 3.8) is 0 Å². The first kappa shape index (κ1) is 18.0. The normalized spacial score (nSPS) is 11.8. The number of aromatic nitrogens is 2. The quantitative estimate of drug-likeness (QED) is 0.746. The minimum absolute atomic E-state index is 0.0157. The van der Waals surface area contributed by atoms with Crippen LogP contribution in [0.2, 0.25) is 0 Å².